The number of hydrogen-bond acceptors (Lipinski definition) is 4. The Hall–Kier alpha value is -2.83. The number of amides is 2. The lowest BCUT2D eigenvalue weighted by Gasteiger charge is -2.20. The molecule has 0 saturated carbocycles. The maximum Gasteiger partial charge on any atom is 0.412 e. The Labute approximate surface area is 147 Å². The Morgan fingerprint density at radius 3 is 2.36 bits per heavy atom. The van der Waals surface area contributed by atoms with Crippen LogP contribution in [0.5, 0.6) is 0 Å². The highest BCUT2D eigenvalue weighted by Gasteiger charge is 2.17. The van der Waals surface area contributed by atoms with Gasteiger partial charge in [-0.15, -0.1) is 0 Å². The van der Waals surface area contributed by atoms with Crippen LogP contribution in [0.3, 0.4) is 0 Å². The van der Waals surface area contributed by atoms with Gasteiger partial charge in [-0.3, -0.25) is 14.8 Å². The number of nitrogens with zero attached hydrogens (tertiary/aromatic N) is 2. The molecule has 7 nitrogen and oxygen atoms in total. The second-order valence-corrected chi connectivity index (χ2v) is 6.75. The van der Waals surface area contributed by atoms with Crippen molar-refractivity contribution in [2.24, 2.45) is 0 Å². The Balaban J connectivity index is 1.95. The lowest BCUT2D eigenvalue weighted by Crippen LogP contribution is -2.27. The van der Waals surface area contributed by atoms with Crippen LogP contribution >= 0.6 is 0 Å². The van der Waals surface area contributed by atoms with Crippen molar-refractivity contribution in [3.8, 4) is 0 Å². The molecule has 2 aromatic rings. The lowest BCUT2D eigenvalue weighted by molar-refractivity contribution is -0.116. The SMILES string of the molecule is Cc1cnn(CCC(=O)Nc2ccccc2NC(=O)OC(C)(C)C)c1. The summed E-state index contributed by atoms with van der Waals surface area (Å²) in [6.45, 7) is 7.80. The number of hydrogen-bond donors (Lipinski definition) is 2. The van der Waals surface area contributed by atoms with Gasteiger partial charge in [-0.05, 0) is 45.4 Å². The molecule has 1 aromatic heterocycles. The van der Waals surface area contributed by atoms with Gasteiger partial charge in [0.1, 0.15) is 5.60 Å². The molecule has 1 aromatic carbocycles. The summed E-state index contributed by atoms with van der Waals surface area (Å²) in [6.07, 6.45) is 3.34. The van der Waals surface area contributed by atoms with E-state index in [4.69, 9.17) is 4.74 Å². The third kappa shape index (κ3) is 6.29. The van der Waals surface area contributed by atoms with Crippen molar-refractivity contribution in [1.82, 2.24) is 9.78 Å². The van der Waals surface area contributed by atoms with Crippen LogP contribution in [-0.4, -0.2) is 27.4 Å². The molecule has 2 N–H and O–H groups in total. The maximum absolute atomic E-state index is 12.2. The van der Waals surface area contributed by atoms with E-state index >= 15 is 0 Å². The average molecular weight is 344 g/mol. The Kier molecular flexibility index (Phi) is 5.80. The Morgan fingerprint density at radius 2 is 1.80 bits per heavy atom. The van der Waals surface area contributed by atoms with E-state index in [1.54, 1.807) is 55.9 Å². The number of aryl methyl sites for hydroxylation is 2. The molecule has 0 spiro atoms. The van der Waals surface area contributed by atoms with Gasteiger partial charge in [-0.2, -0.15) is 5.10 Å². The second kappa shape index (κ2) is 7.83. The van der Waals surface area contributed by atoms with Crippen LogP contribution < -0.4 is 10.6 Å². The first-order valence-electron chi connectivity index (χ1n) is 8.11. The highest BCUT2D eigenvalue weighted by Crippen LogP contribution is 2.22. The first kappa shape index (κ1) is 18.5. The van der Waals surface area contributed by atoms with Gasteiger partial charge < -0.3 is 10.1 Å². The number of carbonyl (C=O) groups excluding carboxylic acids is 2. The van der Waals surface area contributed by atoms with Crippen LogP contribution in [0.25, 0.3) is 0 Å². The standard InChI is InChI=1S/C18H24N4O3/c1-13-11-19-22(12-13)10-9-16(23)20-14-7-5-6-8-15(14)21-17(24)25-18(2,3)4/h5-8,11-12H,9-10H2,1-4H3,(H,20,23)(H,21,24). The van der Waals surface area contributed by atoms with Crippen LogP contribution in [0.4, 0.5) is 16.2 Å². The van der Waals surface area contributed by atoms with Crippen LogP contribution in [0, 0.1) is 6.92 Å². The van der Waals surface area contributed by atoms with Gasteiger partial charge in [0.25, 0.3) is 0 Å². The number of aromatic nitrogens is 2. The number of para-hydroxylation sites is 2. The minimum Gasteiger partial charge on any atom is -0.444 e. The van der Waals surface area contributed by atoms with Gasteiger partial charge in [-0.25, -0.2) is 4.79 Å². The van der Waals surface area contributed by atoms with E-state index in [1.807, 2.05) is 13.1 Å². The Bertz CT molecular complexity index is 747. The largest absolute Gasteiger partial charge is 0.444 e. The van der Waals surface area contributed by atoms with E-state index in [9.17, 15) is 9.59 Å². The zero-order valence-corrected chi connectivity index (χ0v) is 15.0. The fourth-order valence-corrected chi connectivity index (χ4v) is 2.13. The molecule has 7 heteroatoms. The molecule has 0 aliphatic rings. The van der Waals surface area contributed by atoms with Gasteiger partial charge >= 0.3 is 6.09 Å². The molecule has 2 amide bonds. The van der Waals surface area contributed by atoms with Gasteiger partial charge in [0.15, 0.2) is 0 Å². The topological polar surface area (TPSA) is 85.3 Å². The third-order valence-electron chi connectivity index (χ3n) is 3.17. The molecule has 0 saturated heterocycles. The summed E-state index contributed by atoms with van der Waals surface area (Å²) in [4.78, 5) is 24.1. The van der Waals surface area contributed by atoms with E-state index in [-0.39, 0.29) is 12.3 Å². The van der Waals surface area contributed by atoms with Crippen molar-refractivity contribution < 1.29 is 14.3 Å². The van der Waals surface area contributed by atoms with Gasteiger partial charge in [0.05, 0.1) is 17.6 Å². The van der Waals surface area contributed by atoms with Crippen molar-refractivity contribution in [2.75, 3.05) is 10.6 Å². The quantitative estimate of drug-likeness (QED) is 0.868. The maximum atomic E-state index is 12.2. The number of rotatable bonds is 5. The van der Waals surface area contributed by atoms with Crippen molar-refractivity contribution in [3.05, 3.63) is 42.2 Å². The third-order valence-corrected chi connectivity index (χ3v) is 3.17. The molecule has 25 heavy (non-hydrogen) atoms. The summed E-state index contributed by atoms with van der Waals surface area (Å²) in [5.74, 6) is -0.161. The predicted octanol–water partition coefficient (Wildman–Crippen LogP) is 3.57. The minimum atomic E-state index is -0.593. The van der Waals surface area contributed by atoms with Crippen LogP contribution in [0.1, 0.15) is 32.8 Å². The molecule has 0 aliphatic heterocycles. The molecule has 134 valence electrons. The first-order chi connectivity index (χ1) is 11.7. The van der Waals surface area contributed by atoms with Crippen molar-refractivity contribution in [1.29, 1.82) is 0 Å². The monoisotopic (exact) mass is 344 g/mol. The van der Waals surface area contributed by atoms with Gasteiger partial charge in [0, 0.05) is 19.2 Å². The molecule has 0 bridgehead atoms. The molecule has 0 atom stereocenters. The fraction of sp³-hybridized carbons (Fsp3) is 0.389. The lowest BCUT2D eigenvalue weighted by atomic mass is 10.2. The van der Waals surface area contributed by atoms with E-state index in [1.165, 1.54) is 0 Å². The first-order valence-corrected chi connectivity index (χ1v) is 8.11. The second-order valence-electron chi connectivity index (χ2n) is 6.75. The zero-order valence-electron chi connectivity index (χ0n) is 15.0. The normalized spacial score (nSPS) is 11.0. The minimum absolute atomic E-state index is 0.161. The van der Waals surface area contributed by atoms with Gasteiger partial charge in [0.2, 0.25) is 5.91 Å². The highest BCUT2D eigenvalue weighted by molar-refractivity contribution is 5.97. The molecule has 1 heterocycles. The number of benzene rings is 1. The van der Waals surface area contributed by atoms with E-state index in [0.29, 0.717) is 17.9 Å². The molecular formula is C18H24N4O3. The van der Waals surface area contributed by atoms with Crippen molar-refractivity contribution >= 4 is 23.4 Å². The molecule has 0 unspecified atom stereocenters. The summed E-state index contributed by atoms with van der Waals surface area (Å²) in [7, 11) is 0. The molecule has 0 aliphatic carbocycles. The van der Waals surface area contributed by atoms with E-state index in [0.717, 1.165) is 5.56 Å². The smallest absolute Gasteiger partial charge is 0.412 e. The summed E-state index contributed by atoms with van der Waals surface area (Å²) in [5, 5.41) is 9.61. The van der Waals surface area contributed by atoms with Crippen LogP contribution in [0.2, 0.25) is 0 Å². The predicted molar refractivity (Wildman–Crippen MR) is 96.5 cm³/mol. The zero-order chi connectivity index (χ0) is 18.4. The Morgan fingerprint density at radius 1 is 1.16 bits per heavy atom. The molecule has 0 radical (unpaired) electrons. The van der Waals surface area contributed by atoms with Crippen molar-refractivity contribution in [3.63, 3.8) is 0 Å². The summed E-state index contributed by atoms with van der Waals surface area (Å²) < 4.78 is 6.96. The molecular weight excluding hydrogens is 320 g/mol. The van der Waals surface area contributed by atoms with Crippen LogP contribution in [-0.2, 0) is 16.1 Å². The molecule has 2 rings (SSSR count). The van der Waals surface area contributed by atoms with E-state index < -0.39 is 11.7 Å². The molecule has 0 fully saturated rings. The number of nitrogens with one attached hydrogen (secondary N) is 2. The average Bonchev–Trinajstić information content (AvgIpc) is 2.91. The summed E-state index contributed by atoms with van der Waals surface area (Å²) in [6, 6.07) is 6.99. The van der Waals surface area contributed by atoms with Crippen LogP contribution in [0.15, 0.2) is 36.7 Å². The summed E-state index contributed by atoms with van der Waals surface area (Å²) >= 11 is 0. The fourth-order valence-electron chi connectivity index (χ4n) is 2.13. The number of anilines is 2. The highest BCUT2D eigenvalue weighted by atomic mass is 16.6. The number of carbonyl (C=O) groups is 2. The van der Waals surface area contributed by atoms with Crippen molar-refractivity contribution in [2.45, 2.75) is 46.3 Å². The number of ether oxygens (including phenoxy) is 1. The van der Waals surface area contributed by atoms with Gasteiger partial charge in [-0.1, -0.05) is 12.1 Å². The van der Waals surface area contributed by atoms with E-state index in [2.05, 4.69) is 15.7 Å². The summed E-state index contributed by atoms with van der Waals surface area (Å²) in [5.41, 5.74) is 1.46.